The maximum atomic E-state index is 13.5. The third kappa shape index (κ3) is 10.7. The first-order valence-electron chi connectivity index (χ1n) is 18.7. The second-order valence-corrected chi connectivity index (χ2v) is 15.8. The summed E-state index contributed by atoms with van der Waals surface area (Å²) in [5.41, 5.74) is 0.504. The Morgan fingerprint density at radius 3 is 2.04 bits per heavy atom. The van der Waals surface area contributed by atoms with Gasteiger partial charge in [0.1, 0.15) is 18.8 Å². The molecule has 1 saturated heterocycles. The Balaban J connectivity index is 2.16. The third-order valence-electron chi connectivity index (χ3n) is 11.4. The number of rotatable bonds is 14. The fourth-order valence-electron chi connectivity index (χ4n) is 8.76. The van der Waals surface area contributed by atoms with Crippen LogP contribution in [0.5, 0.6) is 0 Å². The summed E-state index contributed by atoms with van der Waals surface area (Å²) >= 11 is 0. The zero-order chi connectivity index (χ0) is 40.7. The lowest BCUT2D eigenvalue weighted by atomic mass is 9.46. The lowest BCUT2D eigenvalue weighted by Gasteiger charge is -2.61. The predicted molar refractivity (Wildman–Crippen MR) is 193 cm³/mol. The summed E-state index contributed by atoms with van der Waals surface area (Å²) in [6, 6.07) is 0. The van der Waals surface area contributed by atoms with E-state index >= 15 is 0 Å². The van der Waals surface area contributed by atoms with Crippen LogP contribution in [0.3, 0.4) is 0 Å². The van der Waals surface area contributed by atoms with Crippen molar-refractivity contribution in [1.29, 1.82) is 0 Å². The highest BCUT2D eigenvalue weighted by Crippen LogP contribution is 2.62. The number of fused-ring (bicyclic) bond motifs is 1. The Labute approximate surface area is 318 Å². The molecule has 304 valence electrons. The molecule has 0 aromatic heterocycles. The SMILES string of the molecule is CC=C(C)C(=O)OC1C(OC2OC(COC(C)=O)C(OC(C)=O)C(OC(C)=O)C2OC(C)=O)CC2(C)C(CCC(C)CC(=O)OC)C(C)=CCC2C1(C)C. The van der Waals surface area contributed by atoms with Gasteiger partial charge in [-0.2, -0.15) is 0 Å². The van der Waals surface area contributed by atoms with Gasteiger partial charge in [-0.1, -0.05) is 45.4 Å². The number of hydrogen-bond donors (Lipinski definition) is 0. The number of carbonyl (C=O) groups excluding carboxylic acids is 6. The zero-order valence-corrected chi connectivity index (χ0v) is 33.9. The van der Waals surface area contributed by atoms with Crippen LogP contribution in [0.15, 0.2) is 23.3 Å². The van der Waals surface area contributed by atoms with Gasteiger partial charge in [0.15, 0.2) is 24.6 Å². The molecule has 0 aromatic rings. The van der Waals surface area contributed by atoms with E-state index in [0.717, 1.165) is 40.0 Å². The van der Waals surface area contributed by atoms with Gasteiger partial charge in [-0.3, -0.25) is 24.0 Å². The molecule has 2 fully saturated rings. The van der Waals surface area contributed by atoms with Crippen molar-refractivity contribution in [2.45, 2.75) is 151 Å². The molecule has 1 aliphatic heterocycles. The van der Waals surface area contributed by atoms with E-state index in [1.54, 1.807) is 19.9 Å². The van der Waals surface area contributed by atoms with Gasteiger partial charge in [-0.25, -0.2) is 4.79 Å². The van der Waals surface area contributed by atoms with Crippen molar-refractivity contribution in [2.75, 3.05) is 13.7 Å². The lowest BCUT2D eigenvalue weighted by molar-refractivity contribution is -0.334. The molecule has 0 radical (unpaired) electrons. The summed E-state index contributed by atoms with van der Waals surface area (Å²) < 4.78 is 46.6. The first-order valence-corrected chi connectivity index (χ1v) is 18.7. The molecule has 14 heteroatoms. The minimum atomic E-state index is -1.46. The van der Waals surface area contributed by atoms with Gasteiger partial charge in [0.05, 0.1) is 13.2 Å². The van der Waals surface area contributed by atoms with Crippen molar-refractivity contribution < 1.29 is 66.7 Å². The van der Waals surface area contributed by atoms with E-state index in [1.807, 2.05) is 20.8 Å². The molecule has 1 heterocycles. The van der Waals surface area contributed by atoms with Crippen LogP contribution in [0.25, 0.3) is 0 Å². The molecule has 1 saturated carbocycles. The predicted octanol–water partition coefficient (Wildman–Crippen LogP) is 5.33. The monoisotopic (exact) mass is 764 g/mol. The van der Waals surface area contributed by atoms with Crippen LogP contribution in [-0.2, 0) is 66.7 Å². The van der Waals surface area contributed by atoms with Gasteiger partial charge in [0, 0.05) is 45.1 Å². The van der Waals surface area contributed by atoms with E-state index in [4.69, 9.17) is 37.9 Å². The van der Waals surface area contributed by atoms with Crippen molar-refractivity contribution in [3.8, 4) is 0 Å². The van der Waals surface area contributed by atoms with Gasteiger partial charge < -0.3 is 37.9 Å². The summed E-state index contributed by atoms with van der Waals surface area (Å²) in [5, 5.41) is 0. The van der Waals surface area contributed by atoms with Crippen LogP contribution in [0, 0.1) is 28.6 Å². The average molecular weight is 765 g/mol. The molecular weight excluding hydrogens is 704 g/mol. The molecule has 0 N–H and O–H groups in total. The van der Waals surface area contributed by atoms with Crippen molar-refractivity contribution in [2.24, 2.45) is 28.6 Å². The van der Waals surface area contributed by atoms with Crippen molar-refractivity contribution in [1.82, 2.24) is 0 Å². The zero-order valence-electron chi connectivity index (χ0n) is 33.9. The Bertz CT molecular complexity index is 1460. The van der Waals surface area contributed by atoms with Crippen LogP contribution < -0.4 is 0 Å². The topological polar surface area (TPSA) is 176 Å². The standard InChI is InChI=1S/C40H60O14/c1-13-22(3)37(46)54-36-29(19-40(11)28(16-14-21(2)18-32(45)47-12)23(4)15-17-31(40)39(36,9)10)52-38-35(51-27(8)44)34(50-26(7)43)33(49-25(6)42)30(53-38)20-48-24(5)41/h13,15,21,28-31,33-36,38H,14,16-20H2,1-12H3. The number of hydrogen-bond acceptors (Lipinski definition) is 14. The molecule has 0 bridgehead atoms. The minimum Gasteiger partial charge on any atom is -0.469 e. The Kier molecular flexibility index (Phi) is 15.5. The maximum Gasteiger partial charge on any atom is 0.333 e. The number of carbonyl (C=O) groups is 6. The molecule has 11 atom stereocenters. The van der Waals surface area contributed by atoms with Gasteiger partial charge >= 0.3 is 35.8 Å². The molecule has 2 aliphatic carbocycles. The first-order chi connectivity index (χ1) is 25.2. The Morgan fingerprint density at radius 1 is 0.889 bits per heavy atom. The highest BCUT2D eigenvalue weighted by atomic mass is 16.7. The van der Waals surface area contributed by atoms with E-state index in [1.165, 1.54) is 19.6 Å². The normalized spacial score (nSPS) is 32.5. The van der Waals surface area contributed by atoms with E-state index < -0.39 is 90.2 Å². The summed E-state index contributed by atoms with van der Waals surface area (Å²) in [6.45, 7) is 18.1. The molecule has 3 rings (SSSR count). The van der Waals surface area contributed by atoms with Crippen molar-refractivity contribution in [3.63, 3.8) is 0 Å². The highest BCUT2D eigenvalue weighted by Gasteiger charge is 2.62. The fraction of sp³-hybridized carbons (Fsp3) is 0.750. The fourth-order valence-corrected chi connectivity index (χ4v) is 8.76. The number of methoxy groups -OCH3 is 1. The highest BCUT2D eigenvalue weighted by molar-refractivity contribution is 5.87. The molecule has 0 amide bonds. The van der Waals surface area contributed by atoms with Crippen molar-refractivity contribution in [3.05, 3.63) is 23.3 Å². The van der Waals surface area contributed by atoms with Crippen LogP contribution >= 0.6 is 0 Å². The second-order valence-electron chi connectivity index (χ2n) is 15.8. The smallest absolute Gasteiger partial charge is 0.333 e. The molecular formula is C40H60O14. The van der Waals surface area contributed by atoms with E-state index in [-0.39, 0.29) is 23.7 Å². The van der Waals surface area contributed by atoms with Crippen LogP contribution in [0.1, 0.15) is 108 Å². The Morgan fingerprint density at radius 2 is 1.48 bits per heavy atom. The van der Waals surface area contributed by atoms with Crippen LogP contribution in [0.4, 0.5) is 0 Å². The largest absolute Gasteiger partial charge is 0.469 e. The number of ether oxygens (including phenoxy) is 8. The van der Waals surface area contributed by atoms with Gasteiger partial charge in [-0.05, 0) is 69.6 Å². The Hall–Kier alpha value is -3.78. The van der Waals surface area contributed by atoms with E-state index in [2.05, 4.69) is 19.9 Å². The van der Waals surface area contributed by atoms with Crippen LogP contribution in [-0.4, -0.2) is 92.4 Å². The average Bonchev–Trinajstić information content (AvgIpc) is 3.06. The summed E-state index contributed by atoms with van der Waals surface area (Å²) in [4.78, 5) is 74.9. The van der Waals surface area contributed by atoms with E-state index in [0.29, 0.717) is 18.4 Å². The molecule has 54 heavy (non-hydrogen) atoms. The van der Waals surface area contributed by atoms with Crippen molar-refractivity contribution >= 4 is 35.8 Å². The summed E-state index contributed by atoms with van der Waals surface area (Å²) in [6.07, 6.45) is -1.75. The second kappa shape index (κ2) is 18.7. The maximum absolute atomic E-state index is 13.5. The number of esters is 6. The minimum absolute atomic E-state index is 0.0218. The van der Waals surface area contributed by atoms with Crippen LogP contribution in [0.2, 0.25) is 0 Å². The molecule has 3 aliphatic rings. The van der Waals surface area contributed by atoms with Gasteiger partial charge in [0.25, 0.3) is 0 Å². The van der Waals surface area contributed by atoms with E-state index in [9.17, 15) is 28.8 Å². The quantitative estimate of drug-likeness (QED) is 0.0960. The summed E-state index contributed by atoms with van der Waals surface area (Å²) in [7, 11) is 1.38. The molecule has 14 nitrogen and oxygen atoms in total. The summed E-state index contributed by atoms with van der Waals surface area (Å²) in [5.74, 6) is -3.54. The lowest BCUT2D eigenvalue weighted by Crippen LogP contribution is -2.66. The molecule has 0 aromatic carbocycles. The van der Waals surface area contributed by atoms with Gasteiger partial charge in [-0.15, -0.1) is 0 Å². The number of allylic oxidation sites excluding steroid dienone is 3. The van der Waals surface area contributed by atoms with Gasteiger partial charge in [0.2, 0.25) is 0 Å². The molecule has 0 spiro atoms. The molecule has 11 unspecified atom stereocenters. The third-order valence-corrected chi connectivity index (χ3v) is 11.4. The first kappa shape index (κ1) is 44.6.